The van der Waals surface area contributed by atoms with Crippen molar-refractivity contribution in [3.8, 4) is 11.8 Å². The Labute approximate surface area is 108 Å². The van der Waals surface area contributed by atoms with Gasteiger partial charge < -0.3 is 4.57 Å². The van der Waals surface area contributed by atoms with Crippen molar-refractivity contribution in [2.75, 3.05) is 0 Å². The molecule has 1 aromatic carbocycles. The van der Waals surface area contributed by atoms with E-state index < -0.39 is 12.6 Å². The molecule has 0 bridgehead atoms. The minimum atomic E-state index is -4.24. The predicted octanol–water partition coefficient (Wildman–Crippen LogP) is 3.76. The lowest BCUT2D eigenvalue weighted by molar-refractivity contribution is -0.128. The van der Waals surface area contributed by atoms with E-state index in [1.807, 2.05) is 6.07 Å². The van der Waals surface area contributed by atoms with Gasteiger partial charge in [-0.1, -0.05) is 0 Å². The second-order valence-electron chi connectivity index (χ2n) is 4.25. The zero-order valence-electron chi connectivity index (χ0n) is 10.2. The summed E-state index contributed by atoms with van der Waals surface area (Å²) in [6, 6.07) is 11.6. The Morgan fingerprint density at radius 1 is 1.11 bits per heavy atom. The summed E-state index contributed by atoms with van der Waals surface area (Å²) in [4.78, 5) is 0. The Kier molecular flexibility index (Phi) is 3.34. The fourth-order valence-electron chi connectivity index (χ4n) is 1.99. The first kappa shape index (κ1) is 13.2. The van der Waals surface area contributed by atoms with Crippen molar-refractivity contribution in [1.29, 1.82) is 5.26 Å². The minimum Gasteiger partial charge on any atom is -0.318 e. The highest BCUT2D eigenvalue weighted by atomic mass is 19.4. The highest BCUT2D eigenvalue weighted by Crippen LogP contribution is 2.25. The zero-order valence-corrected chi connectivity index (χ0v) is 10.2. The molecule has 1 aromatic heterocycles. The fraction of sp³-hybridized carbons (Fsp3) is 0.214. The van der Waals surface area contributed by atoms with Gasteiger partial charge in [-0.15, -0.1) is 0 Å². The summed E-state index contributed by atoms with van der Waals surface area (Å²) in [5.74, 6) is 0. The summed E-state index contributed by atoms with van der Waals surface area (Å²) >= 11 is 0. The molecule has 0 N–H and O–H groups in total. The maximum atomic E-state index is 12.5. The quantitative estimate of drug-likeness (QED) is 0.811. The third kappa shape index (κ3) is 2.97. The molecular formula is C14H11F3N2. The normalized spacial score (nSPS) is 11.3. The van der Waals surface area contributed by atoms with Gasteiger partial charge in [0, 0.05) is 17.1 Å². The molecule has 1 heterocycles. The Balaban J connectivity index is 2.43. The highest BCUT2D eigenvalue weighted by molar-refractivity contribution is 5.42. The maximum Gasteiger partial charge on any atom is 0.394 e. The number of hydrogen-bond acceptors (Lipinski definition) is 1. The van der Waals surface area contributed by atoms with Crippen LogP contribution in [0.3, 0.4) is 0 Å². The van der Waals surface area contributed by atoms with Crippen LogP contribution in [0.25, 0.3) is 5.69 Å². The van der Waals surface area contributed by atoms with E-state index in [0.29, 0.717) is 11.3 Å². The van der Waals surface area contributed by atoms with E-state index in [1.54, 1.807) is 41.8 Å². The number of halogens is 3. The summed E-state index contributed by atoms with van der Waals surface area (Å²) < 4.78 is 39.1. The van der Waals surface area contributed by atoms with Crippen molar-refractivity contribution in [3.05, 3.63) is 53.3 Å². The Morgan fingerprint density at radius 3 is 2.26 bits per heavy atom. The fourth-order valence-corrected chi connectivity index (χ4v) is 1.99. The van der Waals surface area contributed by atoms with E-state index in [4.69, 9.17) is 5.26 Å². The second-order valence-corrected chi connectivity index (χ2v) is 4.25. The van der Waals surface area contributed by atoms with Crippen molar-refractivity contribution in [2.24, 2.45) is 0 Å². The zero-order chi connectivity index (χ0) is 14.0. The number of aryl methyl sites for hydroxylation is 1. The lowest BCUT2D eigenvalue weighted by atomic mass is 10.2. The van der Waals surface area contributed by atoms with Gasteiger partial charge in [-0.05, 0) is 43.3 Å². The largest absolute Gasteiger partial charge is 0.394 e. The molecule has 0 aliphatic rings. The van der Waals surface area contributed by atoms with Gasteiger partial charge in [-0.2, -0.15) is 18.4 Å². The van der Waals surface area contributed by atoms with Gasteiger partial charge in [0.15, 0.2) is 0 Å². The first-order valence-electron chi connectivity index (χ1n) is 5.65. The number of aromatic nitrogens is 1. The van der Waals surface area contributed by atoms with E-state index >= 15 is 0 Å². The summed E-state index contributed by atoms with van der Waals surface area (Å²) in [6.07, 6.45) is -5.21. The molecule has 0 radical (unpaired) electrons. The van der Waals surface area contributed by atoms with Crippen molar-refractivity contribution in [3.63, 3.8) is 0 Å². The number of benzene rings is 1. The van der Waals surface area contributed by atoms with Gasteiger partial charge in [0.2, 0.25) is 0 Å². The van der Waals surface area contributed by atoms with Crippen molar-refractivity contribution in [2.45, 2.75) is 19.5 Å². The van der Waals surface area contributed by atoms with Gasteiger partial charge in [0.25, 0.3) is 0 Å². The number of alkyl halides is 3. The summed E-state index contributed by atoms with van der Waals surface area (Å²) in [5, 5.41) is 8.72. The summed E-state index contributed by atoms with van der Waals surface area (Å²) in [7, 11) is 0. The van der Waals surface area contributed by atoms with Crippen LogP contribution in [0.15, 0.2) is 36.4 Å². The Morgan fingerprint density at radius 2 is 1.74 bits per heavy atom. The maximum absolute atomic E-state index is 12.5. The van der Waals surface area contributed by atoms with Gasteiger partial charge >= 0.3 is 6.18 Å². The highest BCUT2D eigenvalue weighted by Gasteiger charge is 2.29. The molecule has 0 spiro atoms. The van der Waals surface area contributed by atoms with Crippen LogP contribution in [0.1, 0.15) is 17.0 Å². The molecule has 0 saturated heterocycles. The SMILES string of the molecule is Cc1ccc(CC(F)(F)F)n1-c1ccc(C#N)cc1. The van der Waals surface area contributed by atoms with Crippen LogP contribution in [0.4, 0.5) is 13.2 Å². The standard InChI is InChI=1S/C14H11F3N2/c1-10-2-5-13(8-14(15,16)17)19(10)12-6-3-11(9-18)4-7-12/h2-7H,8H2,1H3. The Hall–Kier alpha value is -2.22. The van der Waals surface area contributed by atoms with E-state index in [0.717, 1.165) is 5.69 Å². The lowest BCUT2D eigenvalue weighted by Crippen LogP contribution is -2.15. The van der Waals surface area contributed by atoms with Crippen LogP contribution >= 0.6 is 0 Å². The first-order chi connectivity index (χ1) is 8.90. The van der Waals surface area contributed by atoms with Crippen molar-refractivity contribution in [1.82, 2.24) is 4.57 Å². The van der Waals surface area contributed by atoms with Crippen LogP contribution in [-0.2, 0) is 6.42 Å². The van der Waals surface area contributed by atoms with Gasteiger partial charge in [-0.3, -0.25) is 0 Å². The van der Waals surface area contributed by atoms with Gasteiger partial charge in [-0.25, -0.2) is 0 Å². The number of nitriles is 1. The molecule has 19 heavy (non-hydrogen) atoms. The van der Waals surface area contributed by atoms with Gasteiger partial charge in [0.1, 0.15) is 0 Å². The van der Waals surface area contributed by atoms with E-state index in [-0.39, 0.29) is 5.69 Å². The van der Waals surface area contributed by atoms with Crippen LogP contribution in [0, 0.1) is 18.3 Å². The Bertz CT molecular complexity index is 616. The smallest absolute Gasteiger partial charge is 0.318 e. The van der Waals surface area contributed by atoms with Crippen LogP contribution < -0.4 is 0 Å². The average molecular weight is 264 g/mol. The van der Waals surface area contributed by atoms with Crippen LogP contribution in [0.2, 0.25) is 0 Å². The number of hydrogen-bond donors (Lipinski definition) is 0. The molecule has 0 fully saturated rings. The van der Waals surface area contributed by atoms with E-state index in [1.165, 1.54) is 6.07 Å². The molecule has 0 unspecified atom stereocenters. The monoisotopic (exact) mass is 264 g/mol. The van der Waals surface area contributed by atoms with Gasteiger partial charge in [0.05, 0.1) is 18.1 Å². The summed E-state index contributed by atoms with van der Waals surface area (Å²) in [5.41, 5.74) is 2.02. The van der Waals surface area contributed by atoms with Crippen LogP contribution in [-0.4, -0.2) is 10.7 Å². The molecule has 5 heteroatoms. The van der Waals surface area contributed by atoms with Crippen LogP contribution in [0.5, 0.6) is 0 Å². The molecule has 0 aliphatic heterocycles. The number of rotatable bonds is 2. The topological polar surface area (TPSA) is 28.7 Å². The lowest BCUT2D eigenvalue weighted by Gasteiger charge is -2.13. The first-order valence-corrected chi connectivity index (χ1v) is 5.65. The van der Waals surface area contributed by atoms with Crippen molar-refractivity contribution >= 4 is 0 Å². The molecule has 2 nitrogen and oxygen atoms in total. The second kappa shape index (κ2) is 4.81. The molecule has 0 amide bonds. The molecule has 2 aromatic rings. The molecule has 2 rings (SSSR count). The predicted molar refractivity (Wildman–Crippen MR) is 65.0 cm³/mol. The average Bonchev–Trinajstić information content (AvgIpc) is 2.68. The minimum absolute atomic E-state index is 0.190. The molecule has 0 atom stereocenters. The molecule has 98 valence electrons. The number of nitrogens with zero attached hydrogens (tertiary/aromatic N) is 2. The third-order valence-corrected chi connectivity index (χ3v) is 2.79. The van der Waals surface area contributed by atoms with Crippen molar-refractivity contribution < 1.29 is 13.2 Å². The van der Waals surface area contributed by atoms with E-state index in [9.17, 15) is 13.2 Å². The van der Waals surface area contributed by atoms with E-state index in [2.05, 4.69) is 0 Å². The molecule has 0 saturated carbocycles. The molecule has 0 aliphatic carbocycles. The summed E-state index contributed by atoms with van der Waals surface area (Å²) in [6.45, 7) is 1.75. The third-order valence-electron chi connectivity index (χ3n) is 2.79. The molecular weight excluding hydrogens is 253 g/mol.